The Morgan fingerprint density at radius 2 is 2.08 bits per heavy atom. The molecule has 0 saturated heterocycles. The van der Waals surface area contributed by atoms with E-state index < -0.39 is 5.97 Å². The van der Waals surface area contributed by atoms with Gasteiger partial charge in [-0.2, -0.15) is 5.10 Å². The zero-order valence-electron chi connectivity index (χ0n) is 13.9. The summed E-state index contributed by atoms with van der Waals surface area (Å²) in [6.07, 6.45) is 1.42. The van der Waals surface area contributed by atoms with Crippen LogP contribution in [0.15, 0.2) is 53.1 Å². The first-order valence-electron chi connectivity index (χ1n) is 7.78. The van der Waals surface area contributed by atoms with Gasteiger partial charge in [-0.25, -0.2) is 4.79 Å². The fourth-order valence-electron chi connectivity index (χ4n) is 2.35. The number of esters is 1. The van der Waals surface area contributed by atoms with Crippen LogP contribution >= 0.6 is 0 Å². The third kappa shape index (κ3) is 3.77. The van der Waals surface area contributed by atoms with Crippen LogP contribution in [0.5, 0.6) is 5.75 Å². The molecule has 0 saturated carbocycles. The third-order valence-electron chi connectivity index (χ3n) is 3.46. The van der Waals surface area contributed by atoms with Gasteiger partial charge >= 0.3 is 5.97 Å². The summed E-state index contributed by atoms with van der Waals surface area (Å²) in [5.41, 5.74) is 1.62. The molecule has 0 atom stereocenters. The van der Waals surface area contributed by atoms with Gasteiger partial charge in [0, 0.05) is 18.3 Å². The van der Waals surface area contributed by atoms with Crippen molar-refractivity contribution >= 4 is 17.6 Å². The van der Waals surface area contributed by atoms with Crippen LogP contribution in [-0.2, 0) is 6.54 Å². The fraction of sp³-hybridized carbons (Fsp3) is 0.167. The average molecular weight is 339 g/mol. The van der Waals surface area contributed by atoms with Gasteiger partial charge in [-0.05, 0) is 44.2 Å². The molecule has 0 fully saturated rings. The monoisotopic (exact) mass is 339 g/mol. The van der Waals surface area contributed by atoms with E-state index in [0.29, 0.717) is 23.7 Å². The summed E-state index contributed by atoms with van der Waals surface area (Å²) in [6, 6.07) is 11.5. The minimum Gasteiger partial charge on any atom is -0.459 e. The molecule has 1 N–H and O–H groups in total. The van der Waals surface area contributed by atoms with Crippen LogP contribution in [0, 0.1) is 6.92 Å². The molecule has 3 aromatic rings. The number of nitrogens with zero attached hydrogens (tertiary/aromatic N) is 2. The number of ether oxygens (including phenoxy) is 1. The van der Waals surface area contributed by atoms with Crippen LogP contribution < -0.4 is 10.1 Å². The lowest BCUT2D eigenvalue weighted by Crippen LogP contribution is -2.15. The van der Waals surface area contributed by atoms with Gasteiger partial charge in [-0.1, -0.05) is 6.07 Å². The van der Waals surface area contributed by atoms with Crippen LogP contribution in [0.3, 0.4) is 0 Å². The van der Waals surface area contributed by atoms with Crippen molar-refractivity contribution in [1.82, 2.24) is 9.78 Å². The van der Waals surface area contributed by atoms with Crippen LogP contribution in [0.25, 0.3) is 0 Å². The Morgan fingerprint density at radius 3 is 2.80 bits per heavy atom. The summed E-state index contributed by atoms with van der Waals surface area (Å²) in [5, 5.41) is 6.91. The number of carbonyl (C=O) groups excluding carboxylic acids is 2. The number of aromatic nitrogens is 2. The van der Waals surface area contributed by atoms with Crippen LogP contribution in [0.4, 0.5) is 5.69 Å². The molecule has 128 valence electrons. The highest BCUT2D eigenvalue weighted by atomic mass is 16.5. The number of furan rings is 1. The maximum Gasteiger partial charge on any atom is 0.362 e. The number of hydrogen-bond acceptors (Lipinski definition) is 5. The normalized spacial score (nSPS) is 10.5. The highest BCUT2D eigenvalue weighted by Gasteiger charge is 2.16. The van der Waals surface area contributed by atoms with E-state index in [1.165, 1.54) is 6.26 Å². The molecule has 7 heteroatoms. The number of aryl methyl sites for hydroxylation is 2. The second kappa shape index (κ2) is 7.04. The van der Waals surface area contributed by atoms with Crippen molar-refractivity contribution in [1.29, 1.82) is 0 Å². The Morgan fingerprint density at radius 1 is 1.24 bits per heavy atom. The Kier molecular flexibility index (Phi) is 4.65. The summed E-state index contributed by atoms with van der Waals surface area (Å²) < 4.78 is 12.0. The summed E-state index contributed by atoms with van der Waals surface area (Å²) in [4.78, 5) is 24.3. The van der Waals surface area contributed by atoms with Crippen molar-refractivity contribution in [2.45, 2.75) is 20.4 Å². The molecule has 1 aromatic carbocycles. The number of hydrogen-bond donors (Lipinski definition) is 1. The number of nitrogens with one attached hydrogen (secondary N) is 1. The van der Waals surface area contributed by atoms with E-state index in [2.05, 4.69) is 10.4 Å². The lowest BCUT2D eigenvalue weighted by molar-refractivity contribution is 0.0722. The predicted octanol–water partition coefficient (Wildman–Crippen LogP) is 3.28. The van der Waals surface area contributed by atoms with Crippen LogP contribution in [0.1, 0.15) is 33.7 Å². The molecular formula is C18H17N3O4. The van der Waals surface area contributed by atoms with Gasteiger partial charge in [0.25, 0.3) is 5.91 Å². The highest BCUT2D eigenvalue weighted by molar-refractivity contribution is 6.02. The third-order valence-corrected chi connectivity index (χ3v) is 3.46. The standard InChI is InChI=1S/C18H17N3O4/c1-3-21-15(10-12(2)20-21)18(23)25-14-7-4-6-13(11-14)19-17(22)16-8-5-9-24-16/h4-11H,3H2,1-2H3,(H,19,22). The molecule has 7 nitrogen and oxygen atoms in total. The van der Waals surface area contributed by atoms with E-state index in [-0.39, 0.29) is 11.7 Å². The topological polar surface area (TPSA) is 86.4 Å². The summed E-state index contributed by atoms with van der Waals surface area (Å²) in [5.74, 6) is -0.362. The minimum absolute atomic E-state index is 0.199. The quantitative estimate of drug-likeness (QED) is 0.569. The predicted molar refractivity (Wildman–Crippen MR) is 90.7 cm³/mol. The summed E-state index contributed by atoms with van der Waals surface area (Å²) in [7, 11) is 0. The van der Waals surface area contributed by atoms with Gasteiger partial charge < -0.3 is 14.5 Å². The number of amides is 1. The largest absolute Gasteiger partial charge is 0.459 e. The summed E-state index contributed by atoms with van der Waals surface area (Å²) in [6.45, 7) is 4.28. The molecule has 0 aliphatic carbocycles. The number of anilines is 1. The van der Waals surface area contributed by atoms with Gasteiger partial charge in [0.05, 0.1) is 12.0 Å². The summed E-state index contributed by atoms with van der Waals surface area (Å²) >= 11 is 0. The molecule has 0 aliphatic heterocycles. The number of benzene rings is 1. The lowest BCUT2D eigenvalue weighted by atomic mass is 10.3. The van der Waals surface area contributed by atoms with Crippen molar-refractivity contribution < 1.29 is 18.7 Å². The van der Waals surface area contributed by atoms with Crippen molar-refractivity contribution in [2.24, 2.45) is 0 Å². The highest BCUT2D eigenvalue weighted by Crippen LogP contribution is 2.20. The molecule has 0 spiro atoms. The van der Waals surface area contributed by atoms with Gasteiger partial charge in [0.2, 0.25) is 0 Å². The molecular weight excluding hydrogens is 322 g/mol. The van der Waals surface area contributed by atoms with Crippen LogP contribution in [-0.4, -0.2) is 21.7 Å². The first kappa shape index (κ1) is 16.5. The maximum atomic E-state index is 12.3. The number of rotatable bonds is 5. The zero-order valence-corrected chi connectivity index (χ0v) is 13.9. The van der Waals surface area contributed by atoms with Gasteiger partial charge in [0.1, 0.15) is 11.4 Å². The smallest absolute Gasteiger partial charge is 0.362 e. The van der Waals surface area contributed by atoms with Crippen molar-refractivity contribution in [3.63, 3.8) is 0 Å². The second-order valence-electron chi connectivity index (χ2n) is 5.34. The molecule has 0 bridgehead atoms. The van der Waals surface area contributed by atoms with E-state index in [0.717, 1.165) is 5.69 Å². The molecule has 0 radical (unpaired) electrons. The Hall–Kier alpha value is -3.35. The lowest BCUT2D eigenvalue weighted by Gasteiger charge is -2.08. The van der Waals surface area contributed by atoms with Crippen LogP contribution in [0.2, 0.25) is 0 Å². The average Bonchev–Trinajstić information content (AvgIpc) is 3.24. The Bertz CT molecular complexity index is 897. The van der Waals surface area contributed by atoms with Crippen molar-refractivity contribution in [3.05, 3.63) is 65.9 Å². The van der Waals surface area contributed by atoms with Gasteiger partial charge in [-0.3, -0.25) is 9.48 Å². The minimum atomic E-state index is -0.503. The van der Waals surface area contributed by atoms with E-state index in [9.17, 15) is 9.59 Å². The van der Waals surface area contributed by atoms with E-state index >= 15 is 0 Å². The Labute approximate surface area is 144 Å². The molecule has 2 aromatic heterocycles. The van der Waals surface area contributed by atoms with Crippen molar-refractivity contribution in [3.8, 4) is 5.75 Å². The molecule has 25 heavy (non-hydrogen) atoms. The van der Waals surface area contributed by atoms with E-state index in [4.69, 9.17) is 9.15 Å². The first-order chi connectivity index (χ1) is 12.1. The second-order valence-corrected chi connectivity index (χ2v) is 5.34. The number of carbonyl (C=O) groups is 2. The Balaban J connectivity index is 1.73. The van der Waals surface area contributed by atoms with Crippen molar-refractivity contribution in [2.75, 3.05) is 5.32 Å². The zero-order chi connectivity index (χ0) is 17.8. The van der Waals surface area contributed by atoms with E-state index in [1.54, 1.807) is 47.1 Å². The first-order valence-corrected chi connectivity index (χ1v) is 7.78. The molecule has 0 unspecified atom stereocenters. The fourth-order valence-corrected chi connectivity index (χ4v) is 2.35. The molecule has 3 rings (SSSR count). The maximum absolute atomic E-state index is 12.3. The molecule has 2 heterocycles. The molecule has 0 aliphatic rings. The van der Waals surface area contributed by atoms with E-state index in [1.807, 2.05) is 13.8 Å². The SMILES string of the molecule is CCn1nc(C)cc1C(=O)Oc1cccc(NC(=O)c2ccco2)c1. The van der Waals surface area contributed by atoms with Gasteiger partial charge in [-0.15, -0.1) is 0 Å². The van der Waals surface area contributed by atoms with Gasteiger partial charge in [0.15, 0.2) is 5.76 Å². The molecule has 1 amide bonds.